The van der Waals surface area contributed by atoms with Crippen LogP contribution in [0.15, 0.2) is 24.3 Å². The van der Waals surface area contributed by atoms with Gasteiger partial charge in [-0.1, -0.05) is 12.1 Å². The fourth-order valence-electron chi connectivity index (χ4n) is 2.21. The molecule has 4 heteroatoms. The van der Waals surface area contributed by atoms with Crippen molar-refractivity contribution >= 4 is 5.69 Å². The van der Waals surface area contributed by atoms with Crippen molar-refractivity contribution in [1.82, 2.24) is 5.32 Å². The number of methoxy groups -OCH3 is 1. The Balaban J connectivity index is 2.25. The maximum absolute atomic E-state index is 10.2. The minimum atomic E-state index is -0.711. The highest BCUT2D eigenvalue weighted by molar-refractivity contribution is 5.58. The molecule has 94 valence electrons. The van der Waals surface area contributed by atoms with E-state index in [4.69, 9.17) is 4.74 Å². The molecular formula is C13H20N2O2. The van der Waals surface area contributed by atoms with E-state index in [-0.39, 0.29) is 0 Å². The molecule has 2 N–H and O–H groups in total. The first kappa shape index (κ1) is 12.2. The minimum absolute atomic E-state index is 0.611. The SMILES string of the molecule is COc1ccccc1N1CCNCC(C)(O)C1. The Morgan fingerprint density at radius 2 is 2.18 bits per heavy atom. The van der Waals surface area contributed by atoms with Crippen LogP contribution >= 0.6 is 0 Å². The molecule has 1 saturated heterocycles. The summed E-state index contributed by atoms with van der Waals surface area (Å²) in [6, 6.07) is 7.92. The number of nitrogens with zero attached hydrogens (tertiary/aromatic N) is 1. The van der Waals surface area contributed by atoms with E-state index < -0.39 is 5.60 Å². The van der Waals surface area contributed by atoms with Gasteiger partial charge in [-0.05, 0) is 19.1 Å². The van der Waals surface area contributed by atoms with Gasteiger partial charge in [0.05, 0.1) is 18.4 Å². The molecule has 1 aromatic carbocycles. The van der Waals surface area contributed by atoms with Crippen molar-refractivity contribution in [3.63, 3.8) is 0 Å². The number of aliphatic hydroxyl groups is 1. The molecule has 1 aromatic rings. The van der Waals surface area contributed by atoms with Crippen LogP contribution in [0.25, 0.3) is 0 Å². The number of β-amino-alcohol motifs (C(OH)–C–C–N with tert-alkyl or cyclic N) is 1. The third-order valence-corrected chi connectivity index (χ3v) is 3.02. The Kier molecular flexibility index (Phi) is 3.54. The quantitative estimate of drug-likeness (QED) is 0.799. The lowest BCUT2D eigenvalue weighted by molar-refractivity contribution is 0.0729. The van der Waals surface area contributed by atoms with Crippen LogP contribution < -0.4 is 15.0 Å². The molecule has 1 unspecified atom stereocenters. The molecule has 1 aliphatic rings. The van der Waals surface area contributed by atoms with Crippen molar-refractivity contribution in [2.45, 2.75) is 12.5 Å². The second-order valence-corrected chi connectivity index (χ2v) is 4.77. The van der Waals surface area contributed by atoms with E-state index in [1.54, 1.807) is 7.11 Å². The maximum atomic E-state index is 10.2. The summed E-state index contributed by atoms with van der Waals surface area (Å²) in [6.07, 6.45) is 0. The highest BCUT2D eigenvalue weighted by atomic mass is 16.5. The largest absolute Gasteiger partial charge is 0.495 e. The maximum Gasteiger partial charge on any atom is 0.142 e. The lowest BCUT2D eigenvalue weighted by atomic mass is 10.1. The second-order valence-electron chi connectivity index (χ2n) is 4.77. The molecular weight excluding hydrogens is 216 g/mol. The van der Waals surface area contributed by atoms with Gasteiger partial charge in [0.2, 0.25) is 0 Å². The molecule has 0 saturated carbocycles. The molecule has 1 heterocycles. The van der Waals surface area contributed by atoms with Crippen LogP contribution in [0.3, 0.4) is 0 Å². The zero-order chi connectivity index (χ0) is 12.3. The van der Waals surface area contributed by atoms with Crippen molar-refractivity contribution in [2.75, 3.05) is 38.2 Å². The first-order chi connectivity index (χ1) is 8.12. The molecule has 0 aromatic heterocycles. The van der Waals surface area contributed by atoms with E-state index in [0.717, 1.165) is 24.5 Å². The van der Waals surface area contributed by atoms with Crippen molar-refractivity contribution in [3.8, 4) is 5.75 Å². The number of benzene rings is 1. The highest BCUT2D eigenvalue weighted by Gasteiger charge is 2.27. The molecule has 0 aliphatic carbocycles. The molecule has 4 nitrogen and oxygen atoms in total. The lowest BCUT2D eigenvalue weighted by Crippen LogP contribution is -2.43. The van der Waals surface area contributed by atoms with E-state index in [1.165, 1.54) is 0 Å². The first-order valence-electron chi connectivity index (χ1n) is 5.93. The topological polar surface area (TPSA) is 44.7 Å². The number of nitrogens with one attached hydrogen (secondary N) is 1. The van der Waals surface area contributed by atoms with Crippen LogP contribution in [0.4, 0.5) is 5.69 Å². The molecule has 17 heavy (non-hydrogen) atoms. The number of hydrogen-bond donors (Lipinski definition) is 2. The van der Waals surface area contributed by atoms with Crippen LogP contribution in [0, 0.1) is 0 Å². The van der Waals surface area contributed by atoms with Crippen molar-refractivity contribution in [1.29, 1.82) is 0 Å². The highest BCUT2D eigenvalue weighted by Crippen LogP contribution is 2.29. The normalized spacial score (nSPS) is 25.5. The van der Waals surface area contributed by atoms with Crippen LogP contribution in [-0.4, -0.2) is 44.0 Å². The average Bonchev–Trinajstić information content (AvgIpc) is 2.50. The first-order valence-corrected chi connectivity index (χ1v) is 5.93. The summed E-state index contributed by atoms with van der Waals surface area (Å²) < 4.78 is 5.36. The van der Waals surface area contributed by atoms with Crippen molar-refractivity contribution < 1.29 is 9.84 Å². The van der Waals surface area contributed by atoms with Crippen molar-refractivity contribution in [3.05, 3.63) is 24.3 Å². The number of hydrogen-bond acceptors (Lipinski definition) is 4. The molecule has 0 spiro atoms. The molecule has 1 fully saturated rings. The van der Waals surface area contributed by atoms with Crippen molar-refractivity contribution in [2.24, 2.45) is 0 Å². The van der Waals surface area contributed by atoms with Gasteiger partial charge in [-0.15, -0.1) is 0 Å². The smallest absolute Gasteiger partial charge is 0.142 e. The molecule has 1 atom stereocenters. The standard InChI is InChI=1S/C13H20N2O2/c1-13(16)9-14-7-8-15(10-13)11-5-3-4-6-12(11)17-2/h3-6,14,16H,7-10H2,1-2H3. The zero-order valence-corrected chi connectivity index (χ0v) is 10.4. The van der Waals surface area contributed by atoms with Crippen LogP contribution in [0.5, 0.6) is 5.75 Å². The number of ether oxygens (including phenoxy) is 1. The van der Waals surface area contributed by atoms with E-state index >= 15 is 0 Å². The molecule has 0 amide bonds. The summed E-state index contributed by atoms with van der Waals surface area (Å²) in [7, 11) is 1.67. The molecule has 0 radical (unpaired) electrons. The van der Waals surface area contributed by atoms with Crippen LogP contribution in [-0.2, 0) is 0 Å². The summed E-state index contributed by atoms with van der Waals surface area (Å²) >= 11 is 0. The third kappa shape index (κ3) is 2.90. The van der Waals surface area contributed by atoms with E-state index in [9.17, 15) is 5.11 Å². The molecule has 2 rings (SSSR count). The van der Waals surface area contributed by atoms with Gasteiger partial charge in [0.1, 0.15) is 5.75 Å². The fraction of sp³-hybridized carbons (Fsp3) is 0.538. The van der Waals surface area contributed by atoms with Gasteiger partial charge in [0.15, 0.2) is 0 Å². The van der Waals surface area contributed by atoms with Gasteiger partial charge in [-0.3, -0.25) is 0 Å². The monoisotopic (exact) mass is 236 g/mol. The average molecular weight is 236 g/mol. The summed E-state index contributed by atoms with van der Waals surface area (Å²) in [6.45, 7) is 4.83. The predicted molar refractivity (Wildman–Crippen MR) is 68.7 cm³/mol. The second kappa shape index (κ2) is 4.94. The molecule has 1 aliphatic heterocycles. The lowest BCUT2D eigenvalue weighted by Gasteiger charge is -2.30. The number of rotatable bonds is 2. The van der Waals surface area contributed by atoms with Gasteiger partial charge in [-0.25, -0.2) is 0 Å². The Morgan fingerprint density at radius 3 is 2.94 bits per heavy atom. The van der Waals surface area contributed by atoms with Crippen LogP contribution in [0.2, 0.25) is 0 Å². The predicted octanol–water partition coefficient (Wildman–Crippen LogP) is 0.856. The summed E-state index contributed by atoms with van der Waals surface area (Å²) in [4.78, 5) is 2.17. The fourth-order valence-corrected chi connectivity index (χ4v) is 2.21. The zero-order valence-electron chi connectivity index (χ0n) is 10.4. The van der Waals surface area contributed by atoms with E-state index in [0.29, 0.717) is 13.1 Å². The Hall–Kier alpha value is -1.26. The van der Waals surface area contributed by atoms with E-state index in [1.807, 2.05) is 31.2 Å². The summed E-state index contributed by atoms with van der Waals surface area (Å²) in [5, 5.41) is 13.4. The summed E-state index contributed by atoms with van der Waals surface area (Å²) in [5.74, 6) is 0.852. The minimum Gasteiger partial charge on any atom is -0.495 e. The Labute approximate surface area is 102 Å². The number of para-hydroxylation sites is 2. The number of anilines is 1. The molecule has 0 bridgehead atoms. The van der Waals surface area contributed by atoms with E-state index in [2.05, 4.69) is 10.2 Å². The third-order valence-electron chi connectivity index (χ3n) is 3.02. The van der Waals surface area contributed by atoms with Gasteiger partial charge in [0, 0.05) is 26.2 Å². The van der Waals surface area contributed by atoms with Gasteiger partial charge >= 0.3 is 0 Å². The van der Waals surface area contributed by atoms with Gasteiger partial charge < -0.3 is 20.1 Å². The van der Waals surface area contributed by atoms with Gasteiger partial charge in [0.25, 0.3) is 0 Å². The summed E-state index contributed by atoms with van der Waals surface area (Å²) in [5.41, 5.74) is 0.330. The Bertz CT molecular complexity index is 379. The Morgan fingerprint density at radius 1 is 1.41 bits per heavy atom. The van der Waals surface area contributed by atoms with Gasteiger partial charge in [-0.2, -0.15) is 0 Å². The van der Waals surface area contributed by atoms with Crippen LogP contribution in [0.1, 0.15) is 6.92 Å².